The quantitative estimate of drug-likeness (QED) is 0.843. The molecule has 0 aromatic heterocycles. The van der Waals surface area contributed by atoms with Gasteiger partial charge in [0.2, 0.25) is 0 Å². The second-order valence-electron chi connectivity index (χ2n) is 5.25. The van der Waals surface area contributed by atoms with Crippen LogP contribution in [0.4, 0.5) is 10.5 Å². The molecule has 0 spiro atoms. The number of hydrogen-bond acceptors (Lipinski definition) is 2. The normalized spacial score (nSPS) is 18.4. The van der Waals surface area contributed by atoms with Crippen molar-refractivity contribution in [3.05, 3.63) is 23.8 Å². The third-order valence-corrected chi connectivity index (χ3v) is 3.83. The number of nitrogens with zero attached hydrogens (tertiary/aromatic N) is 1. The molecule has 1 N–H and O–H groups in total. The van der Waals surface area contributed by atoms with Gasteiger partial charge in [0.25, 0.3) is 0 Å². The summed E-state index contributed by atoms with van der Waals surface area (Å²) in [4.78, 5) is 14.1. The maximum absolute atomic E-state index is 12.2. The van der Waals surface area contributed by atoms with Crippen LogP contribution < -0.4 is 10.1 Å². The van der Waals surface area contributed by atoms with Gasteiger partial charge in [0.1, 0.15) is 5.75 Å². The Bertz CT molecular complexity index is 465. The Morgan fingerprint density at radius 3 is 2.74 bits per heavy atom. The van der Waals surface area contributed by atoms with Crippen LogP contribution >= 0.6 is 0 Å². The molecule has 0 atom stereocenters. The van der Waals surface area contributed by atoms with E-state index in [1.165, 1.54) is 18.4 Å². The maximum atomic E-state index is 12.2. The highest BCUT2D eigenvalue weighted by Crippen LogP contribution is 2.28. The van der Waals surface area contributed by atoms with Gasteiger partial charge >= 0.3 is 6.03 Å². The van der Waals surface area contributed by atoms with E-state index >= 15 is 0 Å². The Morgan fingerprint density at radius 1 is 1.16 bits per heavy atom. The van der Waals surface area contributed by atoms with Crippen LogP contribution in [0.5, 0.6) is 5.75 Å². The van der Waals surface area contributed by atoms with Crippen molar-refractivity contribution < 1.29 is 9.53 Å². The first kappa shape index (κ1) is 12.3. The summed E-state index contributed by atoms with van der Waals surface area (Å²) < 4.78 is 5.47. The number of amides is 2. The zero-order valence-corrected chi connectivity index (χ0v) is 11.2. The van der Waals surface area contributed by atoms with Gasteiger partial charge in [0.15, 0.2) is 0 Å². The summed E-state index contributed by atoms with van der Waals surface area (Å²) in [6.45, 7) is 2.50. The second kappa shape index (κ2) is 5.51. The van der Waals surface area contributed by atoms with Gasteiger partial charge in [-0.1, -0.05) is 12.8 Å². The molecule has 1 aromatic rings. The minimum absolute atomic E-state index is 0.0285. The summed E-state index contributed by atoms with van der Waals surface area (Å²) in [7, 11) is 0. The Balaban J connectivity index is 1.65. The Kier molecular flexibility index (Phi) is 3.58. The first-order valence-electron chi connectivity index (χ1n) is 7.14. The Morgan fingerprint density at radius 2 is 1.95 bits per heavy atom. The highest BCUT2D eigenvalue weighted by atomic mass is 16.5. The van der Waals surface area contributed by atoms with Crippen LogP contribution in [-0.2, 0) is 6.42 Å². The number of urea groups is 1. The Hall–Kier alpha value is -1.71. The van der Waals surface area contributed by atoms with Crippen molar-refractivity contribution in [3.63, 3.8) is 0 Å². The van der Waals surface area contributed by atoms with Gasteiger partial charge in [0, 0.05) is 25.2 Å². The maximum Gasteiger partial charge on any atom is 0.321 e. The molecule has 3 rings (SSSR count). The lowest BCUT2D eigenvalue weighted by molar-refractivity contribution is 0.214. The van der Waals surface area contributed by atoms with Crippen molar-refractivity contribution >= 4 is 11.7 Å². The number of carbonyl (C=O) groups is 1. The molecule has 2 heterocycles. The number of likely N-dealkylation sites (tertiary alicyclic amines) is 1. The number of anilines is 1. The number of fused-ring (bicyclic) bond motifs is 1. The standard InChI is InChI=1S/C15H20N2O2/c18-15(17-8-3-1-2-4-9-17)16-13-5-6-14-12(11-13)7-10-19-14/h5-6,11H,1-4,7-10H2,(H,16,18). The molecule has 0 saturated carbocycles. The van der Waals surface area contributed by atoms with E-state index < -0.39 is 0 Å². The summed E-state index contributed by atoms with van der Waals surface area (Å²) >= 11 is 0. The van der Waals surface area contributed by atoms with Crippen LogP contribution in [-0.4, -0.2) is 30.6 Å². The van der Waals surface area contributed by atoms with Gasteiger partial charge in [-0.15, -0.1) is 0 Å². The van der Waals surface area contributed by atoms with E-state index in [1.807, 2.05) is 23.1 Å². The molecule has 1 aromatic carbocycles. The minimum Gasteiger partial charge on any atom is -0.493 e. The molecule has 4 nitrogen and oxygen atoms in total. The van der Waals surface area contributed by atoms with Crippen molar-refractivity contribution in [2.75, 3.05) is 25.0 Å². The first-order chi connectivity index (χ1) is 9.33. The van der Waals surface area contributed by atoms with E-state index in [0.29, 0.717) is 0 Å². The molecule has 1 fully saturated rings. The van der Waals surface area contributed by atoms with Crippen molar-refractivity contribution in [3.8, 4) is 5.75 Å². The van der Waals surface area contributed by atoms with Crippen molar-refractivity contribution in [1.29, 1.82) is 0 Å². The number of benzene rings is 1. The molecular formula is C15H20N2O2. The number of carbonyl (C=O) groups excluding carboxylic acids is 1. The summed E-state index contributed by atoms with van der Waals surface area (Å²) in [5.41, 5.74) is 2.06. The molecular weight excluding hydrogens is 240 g/mol. The van der Waals surface area contributed by atoms with Crippen molar-refractivity contribution in [1.82, 2.24) is 4.90 Å². The third kappa shape index (κ3) is 2.83. The van der Waals surface area contributed by atoms with Gasteiger partial charge in [0.05, 0.1) is 6.61 Å². The molecule has 2 aliphatic heterocycles. The van der Waals surface area contributed by atoms with Crippen LogP contribution in [0.3, 0.4) is 0 Å². The minimum atomic E-state index is 0.0285. The van der Waals surface area contributed by atoms with Gasteiger partial charge in [-0.05, 0) is 36.6 Å². The fraction of sp³-hybridized carbons (Fsp3) is 0.533. The molecule has 0 radical (unpaired) electrons. The SMILES string of the molecule is O=C(Nc1ccc2c(c1)CCO2)N1CCCCCC1. The lowest BCUT2D eigenvalue weighted by Gasteiger charge is -2.20. The zero-order chi connectivity index (χ0) is 13.1. The third-order valence-electron chi connectivity index (χ3n) is 3.83. The average molecular weight is 260 g/mol. The first-order valence-corrected chi connectivity index (χ1v) is 7.14. The molecule has 2 aliphatic rings. The van der Waals surface area contributed by atoms with Crippen molar-refractivity contribution in [2.24, 2.45) is 0 Å². The summed E-state index contributed by atoms with van der Waals surface area (Å²) in [5.74, 6) is 0.952. The molecule has 102 valence electrons. The molecule has 1 saturated heterocycles. The molecule has 0 aliphatic carbocycles. The zero-order valence-electron chi connectivity index (χ0n) is 11.2. The lowest BCUT2D eigenvalue weighted by atomic mass is 10.1. The number of nitrogens with one attached hydrogen (secondary N) is 1. The van der Waals surface area contributed by atoms with E-state index in [-0.39, 0.29) is 6.03 Å². The highest BCUT2D eigenvalue weighted by Gasteiger charge is 2.17. The van der Waals surface area contributed by atoms with Gasteiger partial charge in [-0.25, -0.2) is 4.79 Å². The van der Waals surface area contributed by atoms with E-state index in [0.717, 1.165) is 50.4 Å². The molecule has 19 heavy (non-hydrogen) atoms. The molecule has 4 heteroatoms. The summed E-state index contributed by atoms with van der Waals surface area (Å²) in [6.07, 6.45) is 5.64. The van der Waals surface area contributed by atoms with E-state index in [4.69, 9.17) is 4.74 Å². The summed E-state index contributed by atoms with van der Waals surface area (Å²) in [6, 6.07) is 5.92. The Labute approximate surface area is 113 Å². The highest BCUT2D eigenvalue weighted by molar-refractivity contribution is 5.89. The predicted molar refractivity (Wildman–Crippen MR) is 74.7 cm³/mol. The number of ether oxygens (including phenoxy) is 1. The van der Waals surface area contributed by atoms with Gasteiger partial charge in [-0.3, -0.25) is 0 Å². The van der Waals surface area contributed by atoms with Crippen molar-refractivity contribution in [2.45, 2.75) is 32.1 Å². The van der Waals surface area contributed by atoms with Gasteiger partial charge in [-0.2, -0.15) is 0 Å². The van der Waals surface area contributed by atoms with E-state index in [2.05, 4.69) is 5.32 Å². The van der Waals surface area contributed by atoms with Crippen LogP contribution in [0.1, 0.15) is 31.2 Å². The molecule has 0 unspecified atom stereocenters. The largest absolute Gasteiger partial charge is 0.493 e. The van der Waals surface area contributed by atoms with Gasteiger partial charge < -0.3 is 15.0 Å². The second-order valence-corrected chi connectivity index (χ2v) is 5.25. The predicted octanol–water partition coefficient (Wildman–Crippen LogP) is 3.03. The smallest absolute Gasteiger partial charge is 0.321 e. The fourth-order valence-electron chi connectivity index (χ4n) is 2.74. The van der Waals surface area contributed by atoms with Crippen LogP contribution in [0.25, 0.3) is 0 Å². The molecule has 0 bridgehead atoms. The topological polar surface area (TPSA) is 41.6 Å². The average Bonchev–Trinajstić information content (AvgIpc) is 2.71. The van der Waals surface area contributed by atoms with Crippen LogP contribution in [0.2, 0.25) is 0 Å². The number of rotatable bonds is 1. The fourth-order valence-corrected chi connectivity index (χ4v) is 2.74. The molecule has 2 amide bonds. The number of hydrogen-bond donors (Lipinski definition) is 1. The van der Waals surface area contributed by atoms with E-state index in [9.17, 15) is 4.79 Å². The van der Waals surface area contributed by atoms with Crippen LogP contribution in [0.15, 0.2) is 18.2 Å². The van der Waals surface area contributed by atoms with E-state index in [1.54, 1.807) is 0 Å². The summed E-state index contributed by atoms with van der Waals surface area (Å²) in [5, 5.41) is 3.00. The van der Waals surface area contributed by atoms with Crippen LogP contribution in [0, 0.1) is 0 Å². The lowest BCUT2D eigenvalue weighted by Crippen LogP contribution is -2.35. The monoisotopic (exact) mass is 260 g/mol.